The second-order valence-electron chi connectivity index (χ2n) is 8.97. The van der Waals surface area contributed by atoms with Crippen LogP contribution in [0, 0.1) is 11.7 Å². The van der Waals surface area contributed by atoms with E-state index in [2.05, 4.69) is 5.32 Å². The molecule has 0 spiro atoms. The van der Waals surface area contributed by atoms with Crippen molar-refractivity contribution in [2.75, 3.05) is 7.11 Å². The van der Waals surface area contributed by atoms with Crippen molar-refractivity contribution in [2.45, 2.75) is 37.9 Å². The number of primary amides is 1. The summed E-state index contributed by atoms with van der Waals surface area (Å²) in [7, 11) is 1.53. The first-order valence-electron chi connectivity index (χ1n) is 11.3. The van der Waals surface area contributed by atoms with Gasteiger partial charge in [-0.25, -0.2) is 9.18 Å². The number of ether oxygens (including phenoxy) is 1. The van der Waals surface area contributed by atoms with Crippen LogP contribution in [0.1, 0.15) is 24.0 Å². The summed E-state index contributed by atoms with van der Waals surface area (Å²) in [5.74, 6) is -0.244. The van der Waals surface area contributed by atoms with Crippen molar-refractivity contribution in [1.29, 1.82) is 0 Å². The third-order valence-electron chi connectivity index (χ3n) is 6.85. The highest BCUT2D eigenvalue weighted by Crippen LogP contribution is 2.48. The molecule has 8 nitrogen and oxygen atoms in total. The molecule has 1 unspecified atom stereocenters. The van der Waals surface area contributed by atoms with Crippen molar-refractivity contribution in [1.82, 2.24) is 14.8 Å². The predicted octanol–water partition coefficient (Wildman–Crippen LogP) is 3.22. The number of nitrogens with two attached hydrogens (primary N) is 1. The molecule has 2 aliphatic rings. The predicted molar refractivity (Wildman–Crippen MR) is 128 cm³/mol. The van der Waals surface area contributed by atoms with Crippen molar-refractivity contribution in [3.63, 3.8) is 0 Å². The standard InChI is InChI=1S/C25H24ClFN4O4/c1-35-16-5-6-19-17(10-16)15(12-30(19)25(28)34)9-22(32)31-20-7-14(20)8-21(31)24(33)29-11-13-3-2-4-18(26)23(13)27/h2-6,10,12,14,20-21H,7-9,11H2,1H3,(H2,28,34)(H,29,33)/t14?,20-,21+/m1/s1. The van der Waals surface area contributed by atoms with Crippen LogP contribution in [0.25, 0.3) is 10.9 Å². The van der Waals surface area contributed by atoms with E-state index in [1.807, 2.05) is 0 Å². The third kappa shape index (κ3) is 4.20. The van der Waals surface area contributed by atoms with Gasteiger partial charge in [-0.3, -0.25) is 14.2 Å². The van der Waals surface area contributed by atoms with Gasteiger partial charge in [-0.05, 0) is 48.6 Å². The summed E-state index contributed by atoms with van der Waals surface area (Å²) >= 11 is 5.83. The van der Waals surface area contributed by atoms with Gasteiger partial charge >= 0.3 is 6.03 Å². The smallest absolute Gasteiger partial charge is 0.323 e. The Labute approximate surface area is 205 Å². The number of carbonyl (C=O) groups excluding carboxylic acids is 3. The summed E-state index contributed by atoms with van der Waals surface area (Å²) < 4.78 is 20.8. The number of benzene rings is 2. The SMILES string of the molecule is COc1ccc2c(c1)c(CC(=O)N1[C@@H]3CC3C[C@H]1C(=O)NCc1cccc(Cl)c1F)cn2C(N)=O. The largest absolute Gasteiger partial charge is 0.497 e. The second-order valence-corrected chi connectivity index (χ2v) is 9.38. The number of likely N-dealkylation sites (tertiary alicyclic amines) is 1. The molecule has 2 fully saturated rings. The zero-order valence-electron chi connectivity index (χ0n) is 19.0. The number of fused-ring (bicyclic) bond motifs is 2. The molecule has 3 atom stereocenters. The Morgan fingerprint density at radius 1 is 1.20 bits per heavy atom. The zero-order valence-corrected chi connectivity index (χ0v) is 19.7. The Bertz CT molecular complexity index is 1360. The van der Waals surface area contributed by atoms with Crippen molar-refractivity contribution < 1.29 is 23.5 Å². The molecule has 182 valence electrons. The third-order valence-corrected chi connectivity index (χ3v) is 7.14. The van der Waals surface area contributed by atoms with Gasteiger partial charge in [0.15, 0.2) is 0 Å². The molecule has 0 radical (unpaired) electrons. The van der Waals surface area contributed by atoms with Crippen LogP contribution in [0.3, 0.4) is 0 Å². The average molecular weight is 499 g/mol. The van der Waals surface area contributed by atoms with E-state index < -0.39 is 17.9 Å². The molecule has 3 aromatic rings. The first-order valence-corrected chi connectivity index (χ1v) is 11.7. The maximum absolute atomic E-state index is 14.2. The fraction of sp³-hybridized carbons (Fsp3) is 0.320. The quantitative estimate of drug-likeness (QED) is 0.544. The van der Waals surface area contributed by atoms with Crippen LogP contribution >= 0.6 is 11.6 Å². The van der Waals surface area contributed by atoms with Gasteiger partial charge in [-0.1, -0.05) is 23.7 Å². The lowest BCUT2D eigenvalue weighted by Crippen LogP contribution is -2.48. The van der Waals surface area contributed by atoms with E-state index in [1.54, 1.807) is 41.4 Å². The first kappa shape index (κ1) is 23.2. The molecular weight excluding hydrogens is 475 g/mol. The van der Waals surface area contributed by atoms with Gasteiger partial charge < -0.3 is 20.7 Å². The maximum atomic E-state index is 14.2. The number of halogens is 2. The number of amides is 3. The average Bonchev–Trinajstić information content (AvgIpc) is 3.35. The van der Waals surface area contributed by atoms with Gasteiger partial charge in [0, 0.05) is 29.7 Å². The Morgan fingerprint density at radius 3 is 2.74 bits per heavy atom. The molecule has 3 N–H and O–H groups in total. The summed E-state index contributed by atoms with van der Waals surface area (Å²) in [4.78, 5) is 40.0. The van der Waals surface area contributed by atoms with E-state index in [0.29, 0.717) is 28.6 Å². The van der Waals surface area contributed by atoms with E-state index in [4.69, 9.17) is 22.1 Å². The summed E-state index contributed by atoms with van der Waals surface area (Å²) in [6.45, 7) is -0.0228. The van der Waals surface area contributed by atoms with Crippen molar-refractivity contribution in [3.8, 4) is 5.75 Å². The minimum atomic E-state index is -0.659. The normalized spacial score (nSPS) is 20.5. The van der Waals surface area contributed by atoms with Gasteiger partial charge in [0.05, 0.1) is 24.1 Å². The summed E-state index contributed by atoms with van der Waals surface area (Å²) in [6, 6.07) is 8.52. The van der Waals surface area contributed by atoms with Gasteiger partial charge in [0.2, 0.25) is 11.8 Å². The highest BCUT2D eigenvalue weighted by Gasteiger charge is 2.55. The number of piperidine rings is 1. The lowest BCUT2D eigenvalue weighted by molar-refractivity contribution is -0.139. The van der Waals surface area contributed by atoms with E-state index in [9.17, 15) is 18.8 Å². The fourth-order valence-electron chi connectivity index (χ4n) is 5.02. The summed E-state index contributed by atoms with van der Waals surface area (Å²) in [5.41, 5.74) is 6.99. The van der Waals surface area contributed by atoms with Crippen molar-refractivity contribution >= 4 is 40.3 Å². The van der Waals surface area contributed by atoms with Crippen molar-refractivity contribution in [3.05, 3.63) is 64.6 Å². The molecule has 0 bridgehead atoms. The minimum absolute atomic E-state index is 0.000130. The van der Waals surface area contributed by atoms with Crippen LogP contribution in [0.2, 0.25) is 5.02 Å². The Hall–Kier alpha value is -3.59. The van der Waals surface area contributed by atoms with Crippen LogP contribution in [-0.4, -0.2) is 46.5 Å². The molecule has 10 heteroatoms. The van der Waals surface area contributed by atoms with Gasteiger partial charge in [0.25, 0.3) is 0 Å². The number of carbonyl (C=O) groups is 3. The summed E-state index contributed by atoms with van der Waals surface area (Å²) in [6.07, 6.45) is 2.98. The first-order chi connectivity index (χ1) is 16.8. The van der Waals surface area contributed by atoms with Crippen molar-refractivity contribution in [2.24, 2.45) is 11.7 Å². The van der Waals surface area contributed by atoms with Crippen LogP contribution in [0.4, 0.5) is 9.18 Å². The highest BCUT2D eigenvalue weighted by atomic mass is 35.5. The van der Waals surface area contributed by atoms with Gasteiger partial charge in [-0.15, -0.1) is 0 Å². The van der Waals surface area contributed by atoms with E-state index >= 15 is 0 Å². The van der Waals surface area contributed by atoms with Gasteiger partial charge in [0.1, 0.15) is 17.6 Å². The molecule has 1 saturated carbocycles. The Kier molecular flexibility index (Phi) is 5.88. The molecule has 5 rings (SSSR count). The molecule has 1 aliphatic heterocycles. The van der Waals surface area contributed by atoms with Crippen LogP contribution in [-0.2, 0) is 22.6 Å². The number of hydrogen-bond acceptors (Lipinski definition) is 4. The molecule has 35 heavy (non-hydrogen) atoms. The molecule has 1 aromatic heterocycles. The number of nitrogens with zero attached hydrogens (tertiary/aromatic N) is 2. The maximum Gasteiger partial charge on any atom is 0.323 e. The zero-order chi connectivity index (χ0) is 24.9. The number of hydrogen-bond donors (Lipinski definition) is 2. The molecule has 1 saturated heterocycles. The number of nitrogens with one attached hydrogen (secondary N) is 1. The van der Waals surface area contributed by atoms with Crippen LogP contribution < -0.4 is 15.8 Å². The fourth-order valence-corrected chi connectivity index (χ4v) is 5.21. The van der Waals surface area contributed by atoms with E-state index in [-0.39, 0.29) is 47.3 Å². The lowest BCUT2D eigenvalue weighted by atomic mass is 10.1. The molecular formula is C25H24ClFN4O4. The number of aromatic nitrogens is 1. The van der Waals surface area contributed by atoms with E-state index in [0.717, 1.165) is 6.42 Å². The van der Waals surface area contributed by atoms with E-state index in [1.165, 1.54) is 17.7 Å². The molecule has 1 aliphatic carbocycles. The topological polar surface area (TPSA) is 107 Å². The highest BCUT2D eigenvalue weighted by molar-refractivity contribution is 6.30. The van der Waals surface area contributed by atoms with Crippen LogP contribution in [0.15, 0.2) is 42.6 Å². The van der Waals surface area contributed by atoms with Gasteiger partial charge in [-0.2, -0.15) is 0 Å². The second kappa shape index (κ2) is 8.88. The molecule has 2 heterocycles. The monoisotopic (exact) mass is 498 g/mol. The molecule has 2 aromatic carbocycles. The molecule has 3 amide bonds. The number of rotatable bonds is 6. The van der Waals surface area contributed by atoms with Crippen LogP contribution in [0.5, 0.6) is 5.75 Å². The number of methoxy groups -OCH3 is 1. The Balaban J connectivity index is 1.35. The minimum Gasteiger partial charge on any atom is -0.497 e. The Morgan fingerprint density at radius 2 is 2.00 bits per heavy atom. The lowest BCUT2D eigenvalue weighted by Gasteiger charge is -2.27. The summed E-state index contributed by atoms with van der Waals surface area (Å²) in [5, 5.41) is 3.42.